The molecule has 0 atom stereocenters. The third-order valence-electron chi connectivity index (χ3n) is 5.41. The van der Waals surface area contributed by atoms with Crippen molar-refractivity contribution >= 4 is 11.1 Å². The average molecular weight is 686 g/mol. The minimum absolute atomic E-state index is 0. The second kappa shape index (κ2) is 12.1. The van der Waals surface area contributed by atoms with Gasteiger partial charge in [-0.2, -0.15) is 0 Å². The monoisotopic (exact) mass is 686 g/mol. The van der Waals surface area contributed by atoms with Crippen LogP contribution in [0.3, 0.4) is 0 Å². The molecule has 0 fully saturated rings. The van der Waals surface area contributed by atoms with E-state index in [4.69, 9.17) is 20.9 Å². The predicted molar refractivity (Wildman–Crippen MR) is 149 cm³/mol. The normalized spacial score (nSPS) is 16.4. The van der Waals surface area contributed by atoms with Gasteiger partial charge in [-0.05, 0) is 54.4 Å². The van der Waals surface area contributed by atoms with E-state index in [0.29, 0.717) is 33.6 Å². The zero-order valence-corrected chi connectivity index (χ0v) is 22.1. The van der Waals surface area contributed by atoms with Crippen molar-refractivity contribution in [1.82, 2.24) is 15.0 Å². The molecule has 38 heavy (non-hydrogen) atoms. The first kappa shape index (κ1) is 15.5. The Hall–Kier alpha value is -3.92. The van der Waals surface area contributed by atoms with Crippen LogP contribution in [0.25, 0.3) is 44.7 Å². The summed E-state index contributed by atoms with van der Waals surface area (Å²) in [4.78, 5) is 12.4. The summed E-state index contributed by atoms with van der Waals surface area (Å²) >= 11 is 0. The molecular formula is C33H27IrN3O-2. The van der Waals surface area contributed by atoms with E-state index < -0.39 is 27.4 Å². The molecule has 3 aromatic carbocycles. The molecule has 4 nitrogen and oxygen atoms in total. The first-order chi connectivity index (χ1) is 22.8. The van der Waals surface area contributed by atoms with Crippen LogP contribution in [0.2, 0.25) is 0 Å². The smallest absolute Gasteiger partial charge is 0.192 e. The van der Waals surface area contributed by atoms with Crippen molar-refractivity contribution in [2.24, 2.45) is 0 Å². The molecule has 0 N–H and O–H groups in total. The van der Waals surface area contributed by atoms with Gasteiger partial charge in [-0.15, -0.1) is 70.8 Å². The second-order valence-corrected chi connectivity index (χ2v) is 8.05. The van der Waals surface area contributed by atoms with Gasteiger partial charge in [-0.3, -0.25) is 0 Å². The molecule has 0 unspecified atom stereocenters. The Kier molecular flexibility index (Phi) is 4.92. The Labute approximate surface area is 254 Å². The molecule has 6 aromatic rings. The van der Waals surface area contributed by atoms with Gasteiger partial charge in [-0.1, -0.05) is 36.7 Å². The Bertz CT molecular complexity index is 2010. The molecule has 191 valence electrons. The van der Waals surface area contributed by atoms with Crippen molar-refractivity contribution in [3.8, 4) is 33.6 Å². The molecule has 3 heterocycles. The molecule has 0 saturated heterocycles. The van der Waals surface area contributed by atoms with Crippen molar-refractivity contribution in [2.75, 3.05) is 0 Å². The topological polar surface area (TPSA) is 51.8 Å². The Morgan fingerprint density at radius 3 is 2.34 bits per heavy atom. The van der Waals surface area contributed by atoms with E-state index in [1.807, 2.05) is 18.2 Å². The van der Waals surface area contributed by atoms with Gasteiger partial charge in [-0.25, -0.2) is 4.98 Å². The first-order valence-corrected chi connectivity index (χ1v) is 11.2. The van der Waals surface area contributed by atoms with Gasteiger partial charge >= 0.3 is 0 Å². The number of aromatic nitrogens is 3. The molecule has 1 radical (unpaired) electrons. The van der Waals surface area contributed by atoms with Gasteiger partial charge in [0.05, 0.1) is 0 Å². The van der Waals surface area contributed by atoms with Crippen LogP contribution in [0.5, 0.6) is 0 Å². The van der Waals surface area contributed by atoms with E-state index >= 15 is 0 Å². The van der Waals surface area contributed by atoms with Crippen LogP contribution in [0.4, 0.5) is 0 Å². The van der Waals surface area contributed by atoms with E-state index in [1.165, 1.54) is 42.7 Å². The van der Waals surface area contributed by atoms with Crippen molar-refractivity contribution in [3.63, 3.8) is 0 Å². The van der Waals surface area contributed by atoms with Crippen LogP contribution >= 0.6 is 0 Å². The molecule has 5 heteroatoms. The molecule has 0 amide bonds. The van der Waals surface area contributed by atoms with Crippen LogP contribution in [0.1, 0.15) is 39.0 Å². The van der Waals surface area contributed by atoms with E-state index in [1.54, 1.807) is 30.3 Å². The maximum Gasteiger partial charge on any atom is 0.192 e. The summed E-state index contributed by atoms with van der Waals surface area (Å²) in [5.41, 5.74) is 5.41. The molecule has 0 aliphatic carbocycles. The molecule has 3 aromatic heterocycles. The predicted octanol–water partition coefficient (Wildman–Crippen LogP) is 8.14. The molecule has 0 aliphatic heterocycles. The SMILES string of the molecule is [2H]C([2H])([2H])c1c[c-]c(-c2ccc(C([2H])([2H])[2H])cn2)cc1.[2H]C([2H])([2H])c1ccnc(-c2[c-]ccc(-c3ccc4oc(C([2H])([2H])[2H])nc4c3)c2)c1.[Ir]. The van der Waals surface area contributed by atoms with Gasteiger partial charge in [0.2, 0.25) is 0 Å². The summed E-state index contributed by atoms with van der Waals surface area (Å²) in [5, 5.41) is 0. The van der Waals surface area contributed by atoms with E-state index in [-0.39, 0.29) is 42.7 Å². The Balaban J connectivity index is 0.000000236. The third kappa shape index (κ3) is 6.49. The third-order valence-corrected chi connectivity index (χ3v) is 5.41. The summed E-state index contributed by atoms with van der Waals surface area (Å²) in [6, 6.07) is 27.2. The zero-order valence-electron chi connectivity index (χ0n) is 31.7. The average Bonchev–Trinajstić information content (AvgIpc) is 3.49. The van der Waals surface area contributed by atoms with E-state index in [2.05, 4.69) is 27.1 Å². The number of hydrogen-bond donors (Lipinski definition) is 0. The molecule has 0 aliphatic rings. The molecule has 0 saturated carbocycles. The van der Waals surface area contributed by atoms with Crippen molar-refractivity contribution in [2.45, 2.75) is 27.4 Å². The summed E-state index contributed by atoms with van der Waals surface area (Å²) in [6.45, 7) is -8.96. The molecular weight excluding hydrogens is 647 g/mol. The number of pyridine rings is 2. The first-order valence-electron chi connectivity index (χ1n) is 17.2. The van der Waals surface area contributed by atoms with Crippen LogP contribution < -0.4 is 0 Å². The van der Waals surface area contributed by atoms with Crippen LogP contribution in [0, 0.1) is 39.5 Å². The van der Waals surface area contributed by atoms with Crippen LogP contribution in [0.15, 0.2) is 95.7 Å². The van der Waals surface area contributed by atoms with Crippen molar-refractivity contribution < 1.29 is 41.0 Å². The Morgan fingerprint density at radius 2 is 1.58 bits per heavy atom. The molecule has 0 bridgehead atoms. The number of rotatable bonds is 3. The van der Waals surface area contributed by atoms with E-state index in [0.717, 1.165) is 11.1 Å². The fourth-order valence-electron chi connectivity index (χ4n) is 3.62. The quantitative estimate of drug-likeness (QED) is 0.177. The van der Waals surface area contributed by atoms with E-state index in [9.17, 15) is 0 Å². The fourth-order valence-corrected chi connectivity index (χ4v) is 3.62. The maximum atomic E-state index is 7.57. The standard InChI is InChI=1S/C20H15N2O.C13H12N.Ir/c1-13-8-9-21-18(10-13)17-5-3-4-15(11-17)16-6-7-20-19(12-16)22-14(2)23-20;1-10-3-6-12(7-4-10)13-8-5-11(2)9-14-13;/h3-4,6-12H,1-2H3;3-6,8-9H,1-2H3;/q2*-1;/i2*1D3,2D3;. The largest absolute Gasteiger partial charge is 0.441 e. The zero-order chi connectivity index (χ0) is 35.8. The Morgan fingerprint density at radius 1 is 0.711 bits per heavy atom. The fraction of sp³-hybridized carbons (Fsp3) is 0.121. The number of nitrogens with zero attached hydrogens (tertiary/aromatic N) is 3. The summed E-state index contributed by atoms with van der Waals surface area (Å²) in [5.74, 6) is -0.294. The summed E-state index contributed by atoms with van der Waals surface area (Å²) < 4.78 is 94.0. The van der Waals surface area contributed by atoms with Crippen LogP contribution in [-0.4, -0.2) is 15.0 Å². The van der Waals surface area contributed by atoms with Gasteiger partial charge in [0.1, 0.15) is 5.52 Å². The number of fused-ring (bicyclic) bond motifs is 1. The van der Waals surface area contributed by atoms with Crippen molar-refractivity contribution in [3.05, 3.63) is 126 Å². The second-order valence-electron chi connectivity index (χ2n) is 8.05. The number of benzene rings is 3. The molecule has 6 rings (SSSR count). The summed E-state index contributed by atoms with van der Waals surface area (Å²) in [7, 11) is 0. The number of aryl methyl sites for hydroxylation is 4. The summed E-state index contributed by atoms with van der Waals surface area (Å²) in [6.07, 6.45) is 2.77. The van der Waals surface area contributed by atoms with Gasteiger partial charge in [0, 0.05) is 55.8 Å². The number of oxazole rings is 1. The van der Waals surface area contributed by atoms with Crippen LogP contribution in [-0.2, 0) is 20.1 Å². The van der Waals surface area contributed by atoms with Gasteiger partial charge < -0.3 is 14.4 Å². The molecule has 0 spiro atoms. The van der Waals surface area contributed by atoms with Gasteiger partial charge in [0.25, 0.3) is 0 Å². The van der Waals surface area contributed by atoms with Crippen molar-refractivity contribution in [1.29, 1.82) is 0 Å². The number of hydrogen-bond acceptors (Lipinski definition) is 4. The minimum Gasteiger partial charge on any atom is -0.441 e. The minimum atomic E-state index is -2.41. The maximum absolute atomic E-state index is 7.57. The van der Waals surface area contributed by atoms with Gasteiger partial charge in [0.15, 0.2) is 11.5 Å².